The fourth-order valence-corrected chi connectivity index (χ4v) is 3.13. The summed E-state index contributed by atoms with van der Waals surface area (Å²) in [4.78, 5) is 24.8. The monoisotopic (exact) mass is 342 g/mol. The maximum atomic E-state index is 12.2. The van der Waals surface area contributed by atoms with Gasteiger partial charge in [0.05, 0.1) is 19.3 Å². The number of hydrogen-bond acceptors (Lipinski definition) is 6. The topological polar surface area (TPSA) is 96.7 Å². The second-order valence-corrected chi connectivity index (χ2v) is 6.14. The van der Waals surface area contributed by atoms with Gasteiger partial charge in [-0.3, -0.25) is 9.69 Å². The molecule has 8 nitrogen and oxygen atoms in total. The van der Waals surface area contributed by atoms with Gasteiger partial charge in [-0.2, -0.15) is 0 Å². The number of carbonyl (C=O) groups excluding carboxylic acids is 2. The lowest BCUT2D eigenvalue weighted by atomic mass is 10.1. The van der Waals surface area contributed by atoms with Crippen LogP contribution in [0.4, 0.5) is 16.2 Å². The predicted octanol–water partition coefficient (Wildman–Crippen LogP) is 1.77. The van der Waals surface area contributed by atoms with E-state index in [1.165, 1.54) is 6.92 Å². The van der Waals surface area contributed by atoms with Crippen molar-refractivity contribution in [2.24, 2.45) is 0 Å². The van der Waals surface area contributed by atoms with Crippen molar-refractivity contribution in [1.29, 1.82) is 0 Å². The number of ether oxygens (including phenoxy) is 1. The molecule has 1 aromatic carbocycles. The van der Waals surface area contributed by atoms with Crippen molar-refractivity contribution in [2.45, 2.75) is 19.4 Å². The summed E-state index contributed by atoms with van der Waals surface area (Å²) < 4.78 is 10.7. The zero-order valence-electron chi connectivity index (χ0n) is 13.7. The minimum atomic E-state index is -0.413. The van der Waals surface area contributed by atoms with Crippen molar-refractivity contribution in [3.63, 3.8) is 0 Å². The van der Waals surface area contributed by atoms with Gasteiger partial charge in [0.2, 0.25) is 5.91 Å². The highest BCUT2D eigenvalue weighted by Crippen LogP contribution is 2.36. The van der Waals surface area contributed by atoms with E-state index in [2.05, 4.69) is 15.8 Å². The van der Waals surface area contributed by atoms with Crippen LogP contribution in [0.25, 0.3) is 11.3 Å². The first-order valence-corrected chi connectivity index (χ1v) is 8.16. The van der Waals surface area contributed by atoms with E-state index in [0.29, 0.717) is 13.1 Å². The molecule has 0 saturated carbocycles. The molecule has 0 spiro atoms. The summed E-state index contributed by atoms with van der Waals surface area (Å²) in [5.41, 5.74) is 3.63. The molecule has 1 saturated heterocycles. The summed E-state index contributed by atoms with van der Waals surface area (Å²) in [5.74, 6) is 0.616. The highest BCUT2D eigenvalue weighted by atomic mass is 16.6. The molecule has 3 heterocycles. The number of nitrogens with one attached hydrogen (secondary N) is 2. The lowest BCUT2D eigenvalue weighted by Crippen LogP contribution is -2.33. The third-order valence-corrected chi connectivity index (χ3v) is 4.37. The van der Waals surface area contributed by atoms with Crippen LogP contribution in [0.3, 0.4) is 0 Å². The molecule has 2 aromatic rings. The minimum absolute atomic E-state index is 0.147. The first kappa shape index (κ1) is 15.5. The third-order valence-electron chi connectivity index (χ3n) is 4.37. The molecule has 0 unspecified atom stereocenters. The lowest BCUT2D eigenvalue weighted by Gasteiger charge is -2.16. The van der Waals surface area contributed by atoms with Gasteiger partial charge in [-0.1, -0.05) is 5.16 Å². The Morgan fingerprint density at radius 3 is 3.20 bits per heavy atom. The molecular weight excluding hydrogens is 324 g/mol. The summed E-state index contributed by atoms with van der Waals surface area (Å²) in [5, 5.41) is 9.92. The normalized spacial score (nSPS) is 18.7. The average Bonchev–Trinajstić information content (AvgIpc) is 3.15. The summed E-state index contributed by atoms with van der Waals surface area (Å²) in [6.45, 7) is 2.90. The van der Waals surface area contributed by atoms with Gasteiger partial charge < -0.3 is 19.9 Å². The maximum Gasteiger partial charge on any atom is 0.414 e. The maximum absolute atomic E-state index is 12.2. The van der Waals surface area contributed by atoms with Crippen molar-refractivity contribution in [3.05, 3.63) is 30.0 Å². The van der Waals surface area contributed by atoms with Crippen molar-refractivity contribution >= 4 is 23.4 Å². The SMILES string of the molecule is CC(=O)NC[C@H]1CN(c2ccc3c(c2)NCCc2cnoc2-3)C(=O)O1. The van der Waals surface area contributed by atoms with Crippen LogP contribution in [0, 0.1) is 0 Å². The largest absolute Gasteiger partial charge is 0.442 e. The van der Waals surface area contributed by atoms with E-state index in [1.54, 1.807) is 11.1 Å². The molecule has 2 N–H and O–H groups in total. The Balaban J connectivity index is 1.58. The summed E-state index contributed by atoms with van der Waals surface area (Å²) in [6.07, 6.45) is 1.80. The van der Waals surface area contributed by atoms with Crippen molar-refractivity contribution in [2.75, 3.05) is 29.9 Å². The van der Waals surface area contributed by atoms with Gasteiger partial charge in [0.25, 0.3) is 0 Å². The van der Waals surface area contributed by atoms with Gasteiger partial charge >= 0.3 is 6.09 Å². The van der Waals surface area contributed by atoms with E-state index in [0.717, 1.165) is 41.2 Å². The van der Waals surface area contributed by atoms with E-state index >= 15 is 0 Å². The number of aromatic nitrogens is 1. The first-order valence-electron chi connectivity index (χ1n) is 8.16. The van der Waals surface area contributed by atoms with E-state index in [4.69, 9.17) is 9.26 Å². The third kappa shape index (κ3) is 2.90. The van der Waals surface area contributed by atoms with Crippen LogP contribution in [0.2, 0.25) is 0 Å². The smallest absolute Gasteiger partial charge is 0.414 e. The van der Waals surface area contributed by atoms with Crippen molar-refractivity contribution < 1.29 is 18.8 Å². The molecule has 2 aliphatic heterocycles. The summed E-state index contributed by atoms with van der Waals surface area (Å²) in [7, 11) is 0. The van der Waals surface area contributed by atoms with Crippen LogP contribution in [0.15, 0.2) is 28.9 Å². The zero-order chi connectivity index (χ0) is 17.4. The molecule has 130 valence electrons. The number of anilines is 2. The fourth-order valence-electron chi connectivity index (χ4n) is 3.13. The summed E-state index contributed by atoms with van der Waals surface area (Å²) >= 11 is 0. The fraction of sp³-hybridized carbons (Fsp3) is 0.353. The van der Waals surface area contributed by atoms with Gasteiger partial charge in [-0.15, -0.1) is 0 Å². The van der Waals surface area contributed by atoms with E-state index in [-0.39, 0.29) is 12.0 Å². The first-order chi connectivity index (χ1) is 12.1. The molecule has 25 heavy (non-hydrogen) atoms. The highest BCUT2D eigenvalue weighted by molar-refractivity contribution is 5.92. The number of rotatable bonds is 3. The average molecular weight is 342 g/mol. The Hall–Kier alpha value is -3.03. The second kappa shape index (κ2) is 6.12. The number of nitrogens with zero attached hydrogens (tertiary/aromatic N) is 2. The second-order valence-electron chi connectivity index (χ2n) is 6.14. The Bertz CT molecular complexity index is 832. The zero-order valence-corrected chi connectivity index (χ0v) is 13.7. The Morgan fingerprint density at radius 2 is 2.36 bits per heavy atom. The van der Waals surface area contributed by atoms with Crippen LogP contribution < -0.4 is 15.5 Å². The molecule has 1 fully saturated rings. The van der Waals surface area contributed by atoms with Gasteiger partial charge in [-0.25, -0.2) is 4.79 Å². The van der Waals surface area contributed by atoms with Crippen molar-refractivity contribution in [3.8, 4) is 11.3 Å². The molecule has 2 aliphatic rings. The van der Waals surface area contributed by atoms with Crippen LogP contribution >= 0.6 is 0 Å². The van der Waals surface area contributed by atoms with E-state index in [1.807, 2.05) is 18.2 Å². The number of benzene rings is 1. The Morgan fingerprint density at radius 1 is 1.48 bits per heavy atom. The molecule has 8 heteroatoms. The number of fused-ring (bicyclic) bond motifs is 3. The number of amides is 2. The van der Waals surface area contributed by atoms with Crippen LogP contribution in [-0.2, 0) is 16.0 Å². The Labute approximate surface area is 144 Å². The molecule has 4 rings (SSSR count). The van der Waals surface area contributed by atoms with Crippen molar-refractivity contribution in [1.82, 2.24) is 10.5 Å². The molecule has 2 amide bonds. The molecule has 0 bridgehead atoms. The molecule has 1 atom stereocenters. The van der Waals surface area contributed by atoms with Gasteiger partial charge in [0, 0.05) is 36.0 Å². The molecular formula is C17H18N4O4. The predicted molar refractivity (Wildman–Crippen MR) is 90.4 cm³/mol. The van der Waals surface area contributed by atoms with Gasteiger partial charge in [-0.05, 0) is 24.6 Å². The highest BCUT2D eigenvalue weighted by Gasteiger charge is 2.33. The molecule has 0 aliphatic carbocycles. The number of carbonyl (C=O) groups is 2. The van der Waals surface area contributed by atoms with E-state index < -0.39 is 6.09 Å². The lowest BCUT2D eigenvalue weighted by molar-refractivity contribution is -0.119. The van der Waals surface area contributed by atoms with Crippen LogP contribution in [0.1, 0.15) is 12.5 Å². The van der Waals surface area contributed by atoms with Gasteiger partial charge in [0.1, 0.15) is 6.10 Å². The Kier molecular flexibility index (Phi) is 3.79. The van der Waals surface area contributed by atoms with Crippen LogP contribution in [0.5, 0.6) is 0 Å². The number of cyclic esters (lactones) is 1. The van der Waals surface area contributed by atoms with Crippen LogP contribution in [-0.4, -0.2) is 42.9 Å². The summed E-state index contributed by atoms with van der Waals surface area (Å²) in [6, 6.07) is 5.69. The quantitative estimate of drug-likeness (QED) is 0.882. The standard InChI is InChI=1S/C17H18N4O4/c1-10(22)19-8-13-9-21(17(23)24-13)12-2-3-14-15(6-12)18-5-4-11-7-20-25-16(11)14/h2-3,6-7,13,18H,4-5,8-9H2,1H3,(H,19,22)/t13-/m0/s1. The number of hydrogen-bond donors (Lipinski definition) is 2. The van der Waals surface area contributed by atoms with E-state index in [9.17, 15) is 9.59 Å². The molecule has 0 radical (unpaired) electrons. The van der Waals surface area contributed by atoms with Gasteiger partial charge in [0.15, 0.2) is 5.76 Å². The molecule has 1 aromatic heterocycles. The minimum Gasteiger partial charge on any atom is -0.442 e.